The molecule has 2 amide bonds. The van der Waals surface area contributed by atoms with Gasteiger partial charge >= 0.3 is 0 Å². The van der Waals surface area contributed by atoms with E-state index in [4.69, 9.17) is 5.11 Å². The van der Waals surface area contributed by atoms with Crippen molar-refractivity contribution in [2.45, 2.75) is 39.7 Å². The number of carbonyl (C=O) groups excluding carboxylic acids is 2. The first-order valence-electron chi connectivity index (χ1n) is 5.74. The molecule has 0 aromatic rings. The van der Waals surface area contributed by atoms with Crippen LogP contribution >= 0.6 is 0 Å². The topological polar surface area (TPSA) is 57.6 Å². The number of piperidine rings is 1. The molecule has 4 nitrogen and oxygen atoms in total. The third-order valence-corrected chi connectivity index (χ3v) is 4.13. The van der Waals surface area contributed by atoms with Gasteiger partial charge in [-0.1, -0.05) is 13.8 Å². The Morgan fingerprint density at radius 3 is 2.06 bits per heavy atom. The minimum absolute atomic E-state index is 0.0111. The van der Waals surface area contributed by atoms with Crippen molar-refractivity contribution >= 4 is 11.8 Å². The van der Waals surface area contributed by atoms with Crippen LogP contribution in [0.2, 0.25) is 0 Å². The number of hydrogen-bond acceptors (Lipinski definition) is 3. The Hall–Kier alpha value is -0.900. The molecule has 1 aliphatic heterocycles. The highest BCUT2D eigenvalue weighted by Gasteiger charge is 2.73. The lowest BCUT2D eigenvalue weighted by Crippen LogP contribution is -2.50. The summed E-state index contributed by atoms with van der Waals surface area (Å²) in [6.45, 7) is 7.58. The molecule has 2 rings (SSSR count). The summed E-state index contributed by atoms with van der Waals surface area (Å²) >= 11 is 0. The minimum atomic E-state index is -0.563. The number of nitrogens with zero attached hydrogens (tertiary/aromatic N) is 1. The molecule has 2 fully saturated rings. The van der Waals surface area contributed by atoms with Crippen molar-refractivity contribution in [3.8, 4) is 0 Å². The molecule has 1 N–H and O–H groups in total. The quantitative estimate of drug-likeness (QED) is 0.722. The third kappa shape index (κ3) is 1.25. The zero-order valence-corrected chi connectivity index (χ0v) is 10.3. The first kappa shape index (κ1) is 11.6. The van der Waals surface area contributed by atoms with Crippen LogP contribution < -0.4 is 0 Å². The molecule has 4 heteroatoms. The van der Waals surface area contributed by atoms with Crippen LogP contribution in [0.3, 0.4) is 0 Å². The molecular weight excluding hydrogens is 206 g/mol. The SMILES string of the molecule is CC1(C)C2C(=O)N(C(C)(C)CCO)C(=O)C21. The molecule has 2 atom stereocenters. The maximum atomic E-state index is 12.1. The summed E-state index contributed by atoms with van der Waals surface area (Å²) in [7, 11) is 0. The van der Waals surface area contributed by atoms with Crippen molar-refractivity contribution in [2.24, 2.45) is 17.3 Å². The highest BCUT2D eigenvalue weighted by atomic mass is 16.3. The standard InChI is InChI=1S/C12H19NO3/c1-11(2,5-6-14)13-9(15)7-8(10(13)16)12(7,3)4/h7-8,14H,5-6H2,1-4H3. The van der Waals surface area contributed by atoms with E-state index in [1.165, 1.54) is 4.90 Å². The van der Waals surface area contributed by atoms with Crippen molar-refractivity contribution < 1.29 is 14.7 Å². The van der Waals surface area contributed by atoms with Crippen molar-refractivity contribution in [2.75, 3.05) is 6.61 Å². The number of aliphatic hydroxyl groups excluding tert-OH is 1. The van der Waals surface area contributed by atoms with Gasteiger partial charge < -0.3 is 5.11 Å². The summed E-state index contributed by atoms with van der Waals surface area (Å²) in [4.78, 5) is 25.6. The van der Waals surface area contributed by atoms with Gasteiger partial charge in [0.15, 0.2) is 0 Å². The molecular formula is C12H19NO3. The van der Waals surface area contributed by atoms with E-state index in [1.807, 2.05) is 27.7 Å². The maximum Gasteiger partial charge on any atom is 0.234 e. The molecule has 0 spiro atoms. The lowest BCUT2D eigenvalue weighted by molar-refractivity contribution is -0.149. The van der Waals surface area contributed by atoms with Crippen LogP contribution in [0.5, 0.6) is 0 Å². The molecule has 1 aliphatic carbocycles. The van der Waals surface area contributed by atoms with Crippen LogP contribution in [-0.4, -0.2) is 34.0 Å². The number of fused-ring (bicyclic) bond motifs is 1. The molecule has 0 aromatic carbocycles. The van der Waals surface area contributed by atoms with Gasteiger partial charge in [0.1, 0.15) is 0 Å². The van der Waals surface area contributed by atoms with E-state index in [1.54, 1.807) is 0 Å². The number of carbonyl (C=O) groups is 2. The average molecular weight is 225 g/mol. The lowest BCUT2D eigenvalue weighted by atomic mass is 9.95. The molecule has 90 valence electrons. The Morgan fingerprint density at radius 1 is 1.25 bits per heavy atom. The van der Waals surface area contributed by atoms with Gasteiger partial charge in [0.25, 0.3) is 0 Å². The maximum absolute atomic E-state index is 12.1. The third-order valence-electron chi connectivity index (χ3n) is 4.13. The van der Waals surface area contributed by atoms with Crippen LogP contribution in [0.25, 0.3) is 0 Å². The zero-order chi connectivity index (χ0) is 12.3. The molecule has 2 unspecified atom stereocenters. The molecule has 1 saturated heterocycles. The van der Waals surface area contributed by atoms with Gasteiger partial charge in [0.05, 0.1) is 11.8 Å². The number of likely N-dealkylation sites (tertiary alicyclic amines) is 1. The lowest BCUT2D eigenvalue weighted by Gasteiger charge is -2.36. The van der Waals surface area contributed by atoms with Gasteiger partial charge in [0, 0.05) is 12.1 Å². The van der Waals surface area contributed by atoms with Gasteiger partial charge in [-0.15, -0.1) is 0 Å². The monoisotopic (exact) mass is 225 g/mol. The van der Waals surface area contributed by atoms with Gasteiger partial charge in [-0.2, -0.15) is 0 Å². The van der Waals surface area contributed by atoms with Gasteiger partial charge in [-0.25, -0.2) is 0 Å². The van der Waals surface area contributed by atoms with Crippen LogP contribution in [0.1, 0.15) is 34.1 Å². The Bertz CT molecular complexity index is 335. The van der Waals surface area contributed by atoms with E-state index in [0.29, 0.717) is 6.42 Å². The van der Waals surface area contributed by atoms with Crippen molar-refractivity contribution in [3.05, 3.63) is 0 Å². The minimum Gasteiger partial charge on any atom is -0.396 e. The van der Waals surface area contributed by atoms with E-state index >= 15 is 0 Å². The highest BCUT2D eigenvalue weighted by molar-refractivity contribution is 6.10. The summed E-state index contributed by atoms with van der Waals surface area (Å²) in [6.07, 6.45) is 0.435. The Kier molecular flexibility index (Phi) is 2.22. The van der Waals surface area contributed by atoms with E-state index in [0.717, 1.165) is 0 Å². The predicted octanol–water partition coefficient (Wildman–Crippen LogP) is 0.788. The molecule has 1 heterocycles. The number of aliphatic hydroxyl groups is 1. The van der Waals surface area contributed by atoms with Gasteiger partial charge in [-0.3, -0.25) is 14.5 Å². The summed E-state index contributed by atoms with van der Waals surface area (Å²) in [5, 5.41) is 8.97. The number of hydrogen-bond donors (Lipinski definition) is 1. The molecule has 0 radical (unpaired) electrons. The normalized spacial score (nSPS) is 31.9. The fraction of sp³-hybridized carbons (Fsp3) is 0.833. The largest absolute Gasteiger partial charge is 0.396 e. The van der Waals surface area contributed by atoms with Crippen molar-refractivity contribution in [3.63, 3.8) is 0 Å². The average Bonchev–Trinajstić information content (AvgIpc) is 2.54. The molecule has 1 saturated carbocycles. The summed E-state index contributed by atoms with van der Waals surface area (Å²) in [5.74, 6) is -0.368. The van der Waals surface area contributed by atoms with Crippen LogP contribution in [0, 0.1) is 17.3 Å². The molecule has 16 heavy (non-hydrogen) atoms. The Morgan fingerprint density at radius 2 is 1.69 bits per heavy atom. The van der Waals surface area contributed by atoms with Crippen molar-refractivity contribution in [1.82, 2.24) is 4.90 Å². The second-order valence-electron chi connectivity index (χ2n) is 6.07. The highest BCUT2D eigenvalue weighted by Crippen LogP contribution is 2.64. The summed E-state index contributed by atoms with van der Waals surface area (Å²) < 4.78 is 0. The van der Waals surface area contributed by atoms with Gasteiger partial charge in [-0.05, 0) is 25.7 Å². The van der Waals surface area contributed by atoms with Crippen LogP contribution in [0.4, 0.5) is 0 Å². The second kappa shape index (κ2) is 3.06. The molecule has 0 bridgehead atoms. The smallest absolute Gasteiger partial charge is 0.234 e. The van der Waals surface area contributed by atoms with Crippen molar-refractivity contribution in [1.29, 1.82) is 0 Å². The van der Waals surface area contributed by atoms with Crippen LogP contribution in [-0.2, 0) is 9.59 Å². The van der Waals surface area contributed by atoms with E-state index in [2.05, 4.69) is 0 Å². The summed E-state index contributed by atoms with van der Waals surface area (Å²) in [5.41, 5.74) is -0.716. The number of amides is 2. The summed E-state index contributed by atoms with van der Waals surface area (Å²) in [6, 6.07) is 0. The van der Waals surface area contributed by atoms with E-state index < -0.39 is 5.54 Å². The van der Waals surface area contributed by atoms with E-state index in [9.17, 15) is 9.59 Å². The fourth-order valence-corrected chi connectivity index (χ4v) is 2.93. The first-order valence-corrected chi connectivity index (χ1v) is 5.74. The number of rotatable bonds is 3. The fourth-order valence-electron chi connectivity index (χ4n) is 2.93. The first-order chi connectivity index (χ1) is 7.25. The Balaban J connectivity index is 2.23. The van der Waals surface area contributed by atoms with E-state index in [-0.39, 0.29) is 35.7 Å². The predicted molar refractivity (Wildman–Crippen MR) is 58.4 cm³/mol. The molecule has 2 aliphatic rings. The molecule has 0 aromatic heterocycles. The number of imide groups is 1. The van der Waals surface area contributed by atoms with Crippen LogP contribution in [0.15, 0.2) is 0 Å². The zero-order valence-electron chi connectivity index (χ0n) is 10.3. The second-order valence-corrected chi connectivity index (χ2v) is 6.07. The Labute approximate surface area is 95.6 Å². The van der Waals surface area contributed by atoms with Gasteiger partial charge in [0.2, 0.25) is 11.8 Å².